The predicted octanol–water partition coefficient (Wildman–Crippen LogP) is 19.1. The maximum Gasteiger partial charge on any atom is 0.135 e. The van der Waals surface area contributed by atoms with Gasteiger partial charge < -0.3 is 13.7 Å². The lowest BCUT2D eigenvalue weighted by Gasteiger charge is -2.26. The molecule has 0 atom stereocenters. The van der Waals surface area contributed by atoms with Crippen LogP contribution < -0.4 is 4.90 Å². The first-order valence-electron chi connectivity index (χ1n) is 23.5. The zero-order chi connectivity index (χ0) is 45.4. The highest BCUT2D eigenvalue weighted by molar-refractivity contribution is 6.26. The van der Waals surface area contributed by atoms with Gasteiger partial charge in [0.15, 0.2) is 0 Å². The lowest BCUT2D eigenvalue weighted by molar-refractivity contribution is 0.668. The van der Waals surface area contributed by atoms with Gasteiger partial charge >= 0.3 is 0 Å². The summed E-state index contributed by atoms with van der Waals surface area (Å²) in [4.78, 5) is 2.38. The second-order valence-corrected chi connectivity index (χ2v) is 18.0. The van der Waals surface area contributed by atoms with Crippen molar-refractivity contribution in [2.45, 2.75) is 0 Å². The van der Waals surface area contributed by atoms with Gasteiger partial charge in [0.25, 0.3) is 0 Å². The molecule has 0 amide bonds. The Balaban J connectivity index is 0.872. The first-order valence-corrected chi connectivity index (χ1v) is 23.5. The van der Waals surface area contributed by atoms with Gasteiger partial charge in [-0.15, -0.1) is 0 Å². The van der Waals surface area contributed by atoms with Gasteiger partial charge in [-0.3, -0.25) is 0 Å². The molecule has 322 valence electrons. The van der Waals surface area contributed by atoms with Crippen molar-refractivity contribution < 1.29 is 8.83 Å². The third-order valence-electron chi connectivity index (χ3n) is 14.1. The first-order chi connectivity index (χ1) is 34.2. The standard InChI is InChI=1S/C66H41NO2/c1-3-11-42(12-4-1)46-23-33-63-59(37-46)61-39-48(25-35-65(61)68-63)44-19-27-50(28-20-44)67(52-31-32-57-55-17-8-7-15-53(55)54-16-9-10-18-56(54)58(57)41-52)51-29-21-45(22-30-51)49-26-36-66-62(40-49)60-38-47(24-34-64(60)69-66)43-13-5-2-6-14-43/h1-41H. The van der Waals surface area contributed by atoms with E-state index in [9.17, 15) is 0 Å². The van der Waals surface area contributed by atoms with Crippen LogP contribution in [0, 0.1) is 0 Å². The van der Waals surface area contributed by atoms with E-state index >= 15 is 0 Å². The van der Waals surface area contributed by atoms with E-state index in [2.05, 4.69) is 254 Å². The number of rotatable bonds is 7. The lowest BCUT2D eigenvalue weighted by Crippen LogP contribution is -2.10. The molecular weight excluding hydrogens is 839 g/mol. The van der Waals surface area contributed by atoms with Crippen molar-refractivity contribution in [3.05, 3.63) is 249 Å². The fraction of sp³-hybridized carbons (Fsp3) is 0. The fourth-order valence-electron chi connectivity index (χ4n) is 10.6. The van der Waals surface area contributed by atoms with Crippen LogP contribution in [0.4, 0.5) is 17.1 Å². The maximum atomic E-state index is 6.34. The topological polar surface area (TPSA) is 29.5 Å². The van der Waals surface area contributed by atoms with Crippen LogP contribution in [0.3, 0.4) is 0 Å². The van der Waals surface area contributed by atoms with E-state index in [-0.39, 0.29) is 0 Å². The summed E-state index contributed by atoms with van der Waals surface area (Å²) in [5, 5.41) is 12.0. The Morgan fingerprint density at radius 2 is 0.478 bits per heavy atom. The van der Waals surface area contributed by atoms with Crippen LogP contribution in [-0.2, 0) is 0 Å². The van der Waals surface area contributed by atoms with Crippen LogP contribution in [0.1, 0.15) is 0 Å². The molecule has 0 saturated carbocycles. The van der Waals surface area contributed by atoms with Crippen molar-refractivity contribution in [3.8, 4) is 44.5 Å². The Hall–Kier alpha value is -9.18. The third-order valence-corrected chi connectivity index (χ3v) is 14.1. The summed E-state index contributed by atoms with van der Waals surface area (Å²) in [6, 6.07) is 89.6. The van der Waals surface area contributed by atoms with E-state index in [0.717, 1.165) is 83.2 Å². The number of benzene rings is 12. The average Bonchev–Trinajstić information content (AvgIpc) is 3.99. The largest absolute Gasteiger partial charge is 0.456 e. The molecule has 14 rings (SSSR count). The SMILES string of the molecule is c1ccc(-c2ccc3oc4ccc(-c5ccc(N(c6ccc(-c7ccc8oc9ccc(-c%10ccccc%10)cc9c8c7)cc6)c6ccc7c8ccccc8c8ccccc8c7c6)cc5)cc4c3c2)cc1. The molecule has 14 aromatic rings. The van der Waals surface area contributed by atoms with Crippen molar-refractivity contribution in [1.82, 2.24) is 0 Å². The number of hydrogen-bond acceptors (Lipinski definition) is 3. The van der Waals surface area contributed by atoms with Crippen LogP contribution in [0.25, 0.3) is 121 Å². The van der Waals surface area contributed by atoms with Crippen LogP contribution in [0.15, 0.2) is 258 Å². The molecule has 0 bridgehead atoms. The van der Waals surface area contributed by atoms with E-state index in [0.29, 0.717) is 0 Å². The molecule has 0 fully saturated rings. The van der Waals surface area contributed by atoms with E-state index in [1.165, 1.54) is 54.6 Å². The Bertz CT molecular complexity index is 4040. The zero-order valence-corrected chi connectivity index (χ0v) is 37.4. The Morgan fingerprint density at radius 3 is 0.855 bits per heavy atom. The number of hydrogen-bond donors (Lipinski definition) is 0. The molecule has 69 heavy (non-hydrogen) atoms. The summed E-state index contributed by atoms with van der Waals surface area (Å²) in [6.45, 7) is 0. The molecule has 2 aromatic heterocycles. The van der Waals surface area contributed by atoms with Crippen molar-refractivity contribution in [1.29, 1.82) is 0 Å². The molecule has 3 nitrogen and oxygen atoms in total. The Kier molecular flexibility index (Phi) is 8.90. The normalized spacial score (nSPS) is 11.8. The van der Waals surface area contributed by atoms with E-state index < -0.39 is 0 Å². The number of furan rings is 2. The first kappa shape index (κ1) is 39.0. The average molecular weight is 880 g/mol. The van der Waals surface area contributed by atoms with Gasteiger partial charge in [-0.25, -0.2) is 0 Å². The van der Waals surface area contributed by atoms with E-state index in [1.54, 1.807) is 0 Å². The van der Waals surface area contributed by atoms with Crippen molar-refractivity contribution >= 4 is 93.3 Å². The molecule has 0 radical (unpaired) electrons. The van der Waals surface area contributed by atoms with E-state index in [1.807, 2.05) is 0 Å². The molecule has 12 aromatic carbocycles. The lowest BCUT2D eigenvalue weighted by atomic mass is 9.94. The maximum absolute atomic E-state index is 6.34. The van der Waals surface area contributed by atoms with Crippen molar-refractivity contribution in [3.63, 3.8) is 0 Å². The molecule has 0 aliphatic carbocycles. The fourth-order valence-corrected chi connectivity index (χ4v) is 10.6. The predicted molar refractivity (Wildman–Crippen MR) is 290 cm³/mol. The van der Waals surface area contributed by atoms with Crippen molar-refractivity contribution in [2.75, 3.05) is 4.90 Å². The molecule has 0 aliphatic rings. The van der Waals surface area contributed by atoms with Gasteiger partial charge in [-0.1, -0.05) is 164 Å². The molecular formula is C66H41NO2. The van der Waals surface area contributed by atoms with Crippen molar-refractivity contribution in [2.24, 2.45) is 0 Å². The van der Waals surface area contributed by atoms with Gasteiger partial charge in [0.05, 0.1) is 0 Å². The molecule has 3 heteroatoms. The molecule has 0 aliphatic heterocycles. The van der Waals surface area contributed by atoms with Gasteiger partial charge in [0.2, 0.25) is 0 Å². The second kappa shape index (κ2) is 15.7. The van der Waals surface area contributed by atoms with Crippen LogP contribution in [-0.4, -0.2) is 0 Å². The highest BCUT2D eigenvalue weighted by atomic mass is 16.3. The summed E-state index contributed by atoms with van der Waals surface area (Å²) in [7, 11) is 0. The summed E-state index contributed by atoms with van der Waals surface area (Å²) < 4.78 is 12.7. The molecule has 0 spiro atoms. The summed E-state index contributed by atoms with van der Waals surface area (Å²) >= 11 is 0. The third kappa shape index (κ3) is 6.58. The minimum absolute atomic E-state index is 0.886. The highest BCUT2D eigenvalue weighted by Gasteiger charge is 2.18. The summed E-state index contributed by atoms with van der Waals surface area (Å²) in [5.74, 6) is 0. The summed E-state index contributed by atoms with van der Waals surface area (Å²) in [6.07, 6.45) is 0. The van der Waals surface area contributed by atoms with Crippen LogP contribution in [0.5, 0.6) is 0 Å². The molecule has 0 N–H and O–H groups in total. The van der Waals surface area contributed by atoms with Gasteiger partial charge in [-0.05, 0) is 162 Å². The minimum Gasteiger partial charge on any atom is -0.456 e. The Labute approximate surface area is 398 Å². The number of fused-ring (bicyclic) bond motifs is 12. The minimum atomic E-state index is 0.886. The molecule has 2 heterocycles. The van der Waals surface area contributed by atoms with Gasteiger partial charge in [0.1, 0.15) is 22.3 Å². The van der Waals surface area contributed by atoms with Crippen LogP contribution in [0.2, 0.25) is 0 Å². The molecule has 0 unspecified atom stereocenters. The van der Waals surface area contributed by atoms with E-state index in [4.69, 9.17) is 8.83 Å². The zero-order valence-electron chi connectivity index (χ0n) is 37.4. The smallest absolute Gasteiger partial charge is 0.135 e. The van der Waals surface area contributed by atoms with Gasteiger partial charge in [-0.2, -0.15) is 0 Å². The molecule has 0 saturated heterocycles. The van der Waals surface area contributed by atoms with Crippen LogP contribution >= 0.6 is 0 Å². The van der Waals surface area contributed by atoms with Gasteiger partial charge in [0, 0.05) is 38.6 Å². The number of anilines is 3. The number of nitrogens with zero attached hydrogens (tertiary/aromatic N) is 1. The Morgan fingerprint density at radius 1 is 0.188 bits per heavy atom. The summed E-state index contributed by atoms with van der Waals surface area (Å²) in [5.41, 5.74) is 16.1. The monoisotopic (exact) mass is 879 g/mol. The highest BCUT2D eigenvalue weighted by Crippen LogP contribution is 2.43. The quantitative estimate of drug-likeness (QED) is 0.149. The second-order valence-electron chi connectivity index (χ2n) is 18.0.